The van der Waals surface area contributed by atoms with E-state index in [1.54, 1.807) is 13.8 Å². The number of aliphatic hydroxyl groups is 2. The lowest BCUT2D eigenvalue weighted by Crippen LogP contribution is -2.58. The van der Waals surface area contributed by atoms with Crippen molar-refractivity contribution in [3.63, 3.8) is 0 Å². The predicted octanol–water partition coefficient (Wildman–Crippen LogP) is 0.751. The standard InChI is InChI=1S/C18H25NO5/c1-17(2)23-14-11-18(22,10-13(20)15(14)24-17)16(21)19-9-8-12-6-4-3-5-7-12/h3-7,13-15,20,22H,8-11H2,1-2H3,(H,19,21)/t13-,14-,15+,18-/m1/s1. The lowest BCUT2D eigenvalue weighted by Gasteiger charge is -2.38. The predicted molar refractivity (Wildman–Crippen MR) is 87.2 cm³/mol. The van der Waals surface area contributed by atoms with Gasteiger partial charge in [0.15, 0.2) is 5.79 Å². The zero-order valence-corrected chi connectivity index (χ0v) is 14.1. The minimum Gasteiger partial charge on any atom is -0.390 e. The summed E-state index contributed by atoms with van der Waals surface area (Å²) in [4.78, 5) is 12.4. The van der Waals surface area contributed by atoms with Gasteiger partial charge in [-0.05, 0) is 25.8 Å². The Bertz CT molecular complexity index is 590. The minimum absolute atomic E-state index is 0.0508. The first-order chi connectivity index (χ1) is 11.3. The van der Waals surface area contributed by atoms with E-state index < -0.39 is 35.6 Å². The van der Waals surface area contributed by atoms with Gasteiger partial charge in [-0.1, -0.05) is 30.3 Å². The fraction of sp³-hybridized carbons (Fsp3) is 0.611. The van der Waals surface area contributed by atoms with Gasteiger partial charge in [0.2, 0.25) is 0 Å². The van der Waals surface area contributed by atoms with Gasteiger partial charge in [-0.25, -0.2) is 0 Å². The number of hydrogen-bond donors (Lipinski definition) is 3. The molecule has 2 fully saturated rings. The summed E-state index contributed by atoms with van der Waals surface area (Å²) in [5, 5.41) is 23.7. The number of ether oxygens (including phenoxy) is 2. The first-order valence-corrected chi connectivity index (χ1v) is 8.37. The van der Waals surface area contributed by atoms with Crippen LogP contribution in [0.1, 0.15) is 32.3 Å². The van der Waals surface area contributed by atoms with Gasteiger partial charge in [0.25, 0.3) is 5.91 Å². The van der Waals surface area contributed by atoms with E-state index in [1.807, 2.05) is 30.3 Å². The van der Waals surface area contributed by atoms with Crippen molar-refractivity contribution in [2.24, 2.45) is 0 Å². The van der Waals surface area contributed by atoms with Gasteiger partial charge in [-0.2, -0.15) is 0 Å². The number of carbonyl (C=O) groups is 1. The first kappa shape index (κ1) is 17.4. The second-order valence-corrected chi connectivity index (χ2v) is 7.14. The van der Waals surface area contributed by atoms with Crippen molar-refractivity contribution in [1.82, 2.24) is 5.32 Å². The van der Waals surface area contributed by atoms with E-state index in [4.69, 9.17) is 9.47 Å². The second kappa shape index (κ2) is 6.44. The number of benzene rings is 1. The molecule has 6 nitrogen and oxygen atoms in total. The summed E-state index contributed by atoms with van der Waals surface area (Å²) < 4.78 is 11.4. The highest BCUT2D eigenvalue weighted by Gasteiger charge is 2.55. The van der Waals surface area contributed by atoms with Crippen LogP contribution in [0.2, 0.25) is 0 Å². The van der Waals surface area contributed by atoms with Crippen LogP contribution >= 0.6 is 0 Å². The van der Waals surface area contributed by atoms with Crippen LogP contribution in [0, 0.1) is 0 Å². The molecule has 1 heterocycles. The van der Waals surface area contributed by atoms with Crippen molar-refractivity contribution in [3.8, 4) is 0 Å². The quantitative estimate of drug-likeness (QED) is 0.756. The maximum Gasteiger partial charge on any atom is 0.252 e. The van der Waals surface area contributed by atoms with Crippen LogP contribution in [-0.2, 0) is 20.7 Å². The molecule has 6 heteroatoms. The second-order valence-electron chi connectivity index (χ2n) is 7.14. The van der Waals surface area contributed by atoms with Crippen molar-refractivity contribution in [3.05, 3.63) is 35.9 Å². The largest absolute Gasteiger partial charge is 0.390 e. The lowest BCUT2D eigenvalue weighted by molar-refractivity contribution is -0.158. The highest BCUT2D eigenvalue weighted by molar-refractivity contribution is 5.85. The Balaban J connectivity index is 1.58. The van der Waals surface area contributed by atoms with Crippen LogP contribution < -0.4 is 5.32 Å². The van der Waals surface area contributed by atoms with E-state index in [1.165, 1.54) is 0 Å². The molecule has 3 rings (SSSR count). The number of nitrogens with one attached hydrogen (secondary N) is 1. The number of aliphatic hydroxyl groups excluding tert-OH is 1. The maximum atomic E-state index is 12.4. The third kappa shape index (κ3) is 3.62. The van der Waals surface area contributed by atoms with E-state index in [0.29, 0.717) is 13.0 Å². The van der Waals surface area contributed by atoms with Crippen molar-refractivity contribution < 1.29 is 24.5 Å². The van der Waals surface area contributed by atoms with Crippen molar-refractivity contribution in [2.45, 2.75) is 62.8 Å². The summed E-state index contributed by atoms with van der Waals surface area (Å²) in [6, 6.07) is 9.81. The van der Waals surface area contributed by atoms with Crippen LogP contribution in [0.15, 0.2) is 30.3 Å². The zero-order chi connectivity index (χ0) is 17.4. The molecule has 0 bridgehead atoms. The van der Waals surface area contributed by atoms with Crippen molar-refractivity contribution in [2.75, 3.05) is 6.54 Å². The molecule has 1 aliphatic heterocycles. The molecular weight excluding hydrogens is 310 g/mol. The molecule has 1 aromatic rings. The fourth-order valence-electron chi connectivity index (χ4n) is 3.54. The molecular formula is C18H25NO5. The Labute approximate surface area is 141 Å². The molecule has 2 aliphatic rings. The average Bonchev–Trinajstić information content (AvgIpc) is 2.82. The van der Waals surface area contributed by atoms with Crippen LogP contribution in [0.3, 0.4) is 0 Å². The molecule has 0 spiro atoms. The van der Waals surface area contributed by atoms with Crippen LogP contribution in [0.25, 0.3) is 0 Å². The summed E-state index contributed by atoms with van der Waals surface area (Å²) in [6.45, 7) is 3.95. The van der Waals surface area contributed by atoms with Crippen LogP contribution in [-0.4, -0.2) is 52.4 Å². The van der Waals surface area contributed by atoms with Gasteiger partial charge in [0, 0.05) is 19.4 Å². The van der Waals surface area contributed by atoms with E-state index in [9.17, 15) is 15.0 Å². The van der Waals surface area contributed by atoms with Crippen molar-refractivity contribution in [1.29, 1.82) is 0 Å². The van der Waals surface area contributed by atoms with Gasteiger partial charge in [-0.15, -0.1) is 0 Å². The van der Waals surface area contributed by atoms with Crippen LogP contribution in [0.5, 0.6) is 0 Å². The molecule has 24 heavy (non-hydrogen) atoms. The summed E-state index contributed by atoms with van der Waals surface area (Å²) in [6.07, 6.45) is -1.18. The van der Waals surface area contributed by atoms with Crippen molar-refractivity contribution >= 4 is 5.91 Å². The first-order valence-electron chi connectivity index (χ1n) is 8.37. The Morgan fingerprint density at radius 3 is 2.67 bits per heavy atom. The number of rotatable bonds is 4. The van der Waals surface area contributed by atoms with Crippen LogP contribution in [0.4, 0.5) is 0 Å². The lowest BCUT2D eigenvalue weighted by atomic mass is 9.79. The topological polar surface area (TPSA) is 88.0 Å². The number of carbonyl (C=O) groups excluding carboxylic acids is 1. The molecule has 0 unspecified atom stereocenters. The molecule has 1 aliphatic carbocycles. The van der Waals surface area contributed by atoms with E-state index in [0.717, 1.165) is 5.56 Å². The van der Waals surface area contributed by atoms with Gasteiger partial charge in [0.1, 0.15) is 11.7 Å². The van der Waals surface area contributed by atoms with Gasteiger partial charge >= 0.3 is 0 Å². The third-order valence-corrected chi connectivity index (χ3v) is 4.65. The Morgan fingerprint density at radius 1 is 1.25 bits per heavy atom. The fourth-order valence-corrected chi connectivity index (χ4v) is 3.54. The van der Waals surface area contributed by atoms with E-state index >= 15 is 0 Å². The number of fused-ring (bicyclic) bond motifs is 1. The summed E-state index contributed by atoms with van der Waals surface area (Å²) in [7, 11) is 0. The van der Waals surface area contributed by atoms with Gasteiger partial charge < -0.3 is 25.0 Å². The molecule has 1 saturated heterocycles. The Kier molecular flexibility index (Phi) is 4.66. The SMILES string of the molecule is CC1(C)O[C@H]2[C@H](O)C[C@](O)(C(=O)NCCc3ccccc3)C[C@H]2O1. The smallest absolute Gasteiger partial charge is 0.252 e. The Morgan fingerprint density at radius 2 is 1.96 bits per heavy atom. The molecule has 3 N–H and O–H groups in total. The molecule has 0 aromatic heterocycles. The Hall–Kier alpha value is -1.47. The summed E-state index contributed by atoms with van der Waals surface area (Å²) >= 11 is 0. The maximum absolute atomic E-state index is 12.4. The molecule has 1 amide bonds. The molecule has 132 valence electrons. The molecule has 4 atom stereocenters. The monoisotopic (exact) mass is 335 g/mol. The highest BCUT2D eigenvalue weighted by Crippen LogP contribution is 2.40. The number of hydrogen-bond acceptors (Lipinski definition) is 5. The zero-order valence-electron chi connectivity index (χ0n) is 14.1. The average molecular weight is 335 g/mol. The minimum atomic E-state index is -1.64. The van der Waals surface area contributed by atoms with Gasteiger partial charge in [0.05, 0.1) is 12.2 Å². The highest BCUT2D eigenvalue weighted by atomic mass is 16.8. The number of amides is 1. The molecule has 0 radical (unpaired) electrons. The summed E-state index contributed by atoms with van der Waals surface area (Å²) in [5.74, 6) is -1.28. The third-order valence-electron chi connectivity index (χ3n) is 4.65. The van der Waals surface area contributed by atoms with E-state index in [2.05, 4.69) is 5.32 Å². The normalized spacial score (nSPS) is 34.6. The van der Waals surface area contributed by atoms with E-state index in [-0.39, 0.29) is 12.8 Å². The molecule has 1 aromatic carbocycles. The summed E-state index contributed by atoms with van der Waals surface area (Å²) in [5.41, 5.74) is -0.524. The van der Waals surface area contributed by atoms with Gasteiger partial charge in [-0.3, -0.25) is 4.79 Å². The molecule has 1 saturated carbocycles.